The Labute approximate surface area is 145 Å². The smallest absolute Gasteiger partial charge is 0.0745 e. The molecule has 1 aromatic heterocycles. The molecule has 0 spiro atoms. The van der Waals surface area contributed by atoms with Crippen molar-refractivity contribution in [2.45, 2.75) is 0 Å². The van der Waals surface area contributed by atoms with Crippen LogP contribution in [0.3, 0.4) is 0 Å². The summed E-state index contributed by atoms with van der Waals surface area (Å²) in [6.07, 6.45) is 0. The number of rotatable bonds is 3. The van der Waals surface area contributed by atoms with Crippen LogP contribution in [0.4, 0.5) is 17.1 Å². The van der Waals surface area contributed by atoms with Crippen LogP contribution in [0.2, 0.25) is 5.02 Å². The molecule has 4 heteroatoms. The molecule has 24 heavy (non-hydrogen) atoms. The summed E-state index contributed by atoms with van der Waals surface area (Å²) >= 11 is 6.15. The molecule has 1 heterocycles. The monoisotopic (exact) mass is 333 g/mol. The zero-order chi connectivity index (χ0) is 16.5. The molecule has 0 fully saturated rings. The molecular formula is C20H16ClN3. The number of benzene rings is 3. The minimum absolute atomic E-state index is 0.689. The molecule has 0 atom stereocenters. The van der Waals surface area contributed by atoms with Crippen LogP contribution in [0.25, 0.3) is 21.8 Å². The first-order valence-corrected chi connectivity index (χ1v) is 8.15. The lowest BCUT2D eigenvalue weighted by Crippen LogP contribution is -1.96. The van der Waals surface area contributed by atoms with Gasteiger partial charge in [0.1, 0.15) is 0 Å². The highest BCUT2D eigenvalue weighted by molar-refractivity contribution is 6.31. The van der Waals surface area contributed by atoms with Crippen LogP contribution < -0.4 is 10.6 Å². The molecular weight excluding hydrogens is 318 g/mol. The van der Waals surface area contributed by atoms with Crippen LogP contribution in [0.1, 0.15) is 0 Å². The second-order valence-corrected chi connectivity index (χ2v) is 6.05. The van der Waals surface area contributed by atoms with E-state index in [1.54, 1.807) is 0 Å². The predicted molar refractivity (Wildman–Crippen MR) is 104 cm³/mol. The van der Waals surface area contributed by atoms with Crippen molar-refractivity contribution < 1.29 is 0 Å². The third kappa shape index (κ3) is 2.63. The highest BCUT2D eigenvalue weighted by Gasteiger charge is 2.09. The fourth-order valence-corrected chi connectivity index (χ4v) is 3.03. The van der Waals surface area contributed by atoms with Crippen molar-refractivity contribution >= 4 is 50.5 Å². The molecule has 4 aromatic rings. The molecule has 0 radical (unpaired) electrons. The van der Waals surface area contributed by atoms with E-state index in [1.165, 1.54) is 0 Å². The lowest BCUT2D eigenvalue weighted by molar-refractivity contribution is 1.48. The van der Waals surface area contributed by atoms with Gasteiger partial charge in [0.2, 0.25) is 0 Å². The van der Waals surface area contributed by atoms with E-state index in [-0.39, 0.29) is 0 Å². The Morgan fingerprint density at radius 3 is 2.29 bits per heavy atom. The Morgan fingerprint density at radius 2 is 1.50 bits per heavy atom. The van der Waals surface area contributed by atoms with Crippen molar-refractivity contribution in [2.75, 3.05) is 17.7 Å². The van der Waals surface area contributed by atoms with E-state index in [1.807, 2.05) is 55.6 Å². The Kier molecular flexibility index (Phi) is 3.71. The number of halogens is 1. The van der Waals surface area contributed by atoms with Gasteiger partial charge in [0.15, 0.2) is 0 Å². The topological polar surface area (TPSA) is 37.0 Å². The number of nitrogens with one attached hydrogen (secondary N) is 2. The fourth-order valence-electron chi connectivity index (χ4n) is 2.87. The van der Waals surface area contributed by atoms with Gasteiger partial charge < -0.3 is 10.6 Å². The van der Waals surface area contributed by atoms with Gasteiger partial charge in [0, 0.05) is 34.2 Å². The summed E-state index contributed by atoms with van der Waals surface area (Å²) in [4.78, 5) is 4.73. The van der Waals surface area contributed by atoms with E-state index in [0.29, 0.717) is 5.02 Å². The number of fused-ring (bicyclic) bond motifs is 2. The molecule has 118 valence electrons. The third-order valence-corrected chi connectivity index (χ3v) is 4.32. The number of hydrogen-bond donors (Lipinski definition) is 2. The molecule has 0 aliphatic carbocycles. The first-order valence-electron chi connectivity index (χ1n) is 7.77. The molecule has 0 aliphatic rings. The summed E-state index contributed by atoms with van der Waals surface area (Å²) in [6.45, 7) is 0. The van der Waals surface area contributed by atoms with Gasteiger partial charge in [-0.25, -0.2) is 4.98 Å². The Morgan fingerprint density at radius 1 is 0.792 bits per heavy atom. The Hall–Kier alpha value is -2.78. The molecule has 0 saturated heterocycles. The van der Waals surface area contributed by atoms with Crippen LogP contribution in [0.5, 0.6) is 0 Å². The van der Waals surface area contributed by atoms with E-state index in [0.717, 1.165) is 38.9 Å². The van der Waals surface area contributed by atoms with Crippen LogP contribution in [-0.4, -0.2) is 12.0 Å². The SMILES string of the molecule is CNc1ccc(Nc2c3ccccc3nc3cc(Cl)ccc23)cc1. The number of para-hydroxylation sites is 1. The van der Waals surface area contributed by atoms with Crippen molar-refractivity contribution in [1.82, 2.24) is 4.98 Å². The fraction of sp³-hybridized carbons (Fsp3) is 0.0500. The van der Waals surface area contributed by atoms with Gasteiger partial charge in [-0.3, -0.25) is 0 Å². The van der Waals surface area contributed by atoms with Crippen LogP contribution in [0.15, 0.2) is 66.7 Å². The van der Waals surface area contributed by atoms with Gasteiger partial charge in [-0.05, 0) is 48.5 Å². The van der Waals surface area contributed by atoms with Crippen molar-refractivity contribution in [2.24, 2.45) is 0 Å². The number of anilines is 3. The summed E-state index contributed by atoms with van der Waals surface area (Å²) in [5, 5.41) is 9.51. The zero-order valence-electron chi connectivity index (χ0n) is 13.2. The lowest BCUT2D eigenvalue weighted by Gasteiger charge is -2.14. The van der Waals surface area contributed by atoms with Gasteiger partial charge in [-0.1, -0.05) is 29.8 Å². The Bertz CT molecular complexity index is 1030. The van der Waals surface area contributed by atoms with E-state index in [4.69, 9.17) is 16.6 Å². The molecule has 0 unspecified atom stereocenters. The summed E-state index contributed by atoms with van der Waals surface area (Å²) in [7, 11) is 1.91. The van der Waals surface area contributed by atoms with Gasteiger partial charge in [0.25, 0.3) is 0 Å². The van der Waals surface area contributed by atoms with Crippen molar-refractivity contribution in [1.29, 1.82) is 0 Å². The standard InChI is InChI=1S/C20H16ClN3/c1-22-14-7-9-15(10-8-14)23-20-16-4-2-3-5-18(16)24-19-12-13(21)6-11-17(19)20/h2-12,22H,1H3,(H,23,24). The first kappa shape index (κ1) is 14.8. The molecule has 0 bridgehead atoms. The van der Waals surface area contributed by atoms with E-state index >= 15 is 0 Å². The van der Waals surface area contributed by atoms with E-state index < -0.39 is 0 Å². The van der Waals surface area contributed by atoms with Gasteiger partial charge in [-0.15, -0.1) is 0 Å². The second-order valence-electron chi connectivity index (χ2n) is 5.62. The zero-order valence-corrected chi connectivity index (χ0v) is 13.9. The van der Waals surface area contributed by atoms with Crippen molar-refractivity contribution in [3.05, 3.63) is 71.8 Å². The van der Waals surface area contributed by atoms with Crippen LogP contribution >= 0.6 is 11.6 Å². The highest BCUT2D eigenvalue weighted by Crippen LogP contribution is 2.34. The number of hydrogen-bond acceptors (Lipinski definition) is 3. The maximum Gasteiger partial charge on any atom is 0.0745 e. The molecule has 0 aliphatic heterocycles. The van der Waals surface area contributed by atoms with Crippen LogP contribution in [-0.2, 0) is 0 Å². The van der Waals surface area contributed by atoms with Gasteiger partial charge >= 0.3 is 0 Å². The van der Waals surface area contributed by atoms with E-state index in [9.17, 15) is 0 Å². The minimum Gasteiger partial charge on any atom is -0.388 e. The van der Waals surface area contributed by atoms with Crippen LogP contribution in [0, 0.1) is 0 Å². The summed E-state index contributed by atoms with van der Waals surface area (Å²) in [6, 6.07) is 22.2. The molecule has 2 N–H and O–H groups in total. The van der Waals surface area contributed by atoms with Gasteiger partial charge in [0.05, 0.1) is 16.7 Å². The molecule has 0 amide bonds. The average molecular weight is 334 g/mol. The largest absolute Gasteiger partial charge is 0.388 e. The maximum atomic E-state index is 6.15. The quantitative estimate of drug-likeness (QED) is 0.463. The number of aromatic nitrogens is 1. The van der Waals surface area contributed by atoms with E-state index in [2.05, 4.69) is 28.8 Å². The molecule has 0 saturated carbocycles. The first-order chi connectivity index (χ1) is 11.7. The predicted octanol–water partition coefficient (Wildman–Crippen LogP) is 5.83. The van der Waals surface area contributed by atoms with Crippen molar-refractivity contribution in [3.63, 3.8) is 0 Å². The lowest BCUT2D eigenvalue weighted by atomic mass is 10.1. The molecule has 3 aromatic carbocycles. The number of pyridine rings is 1. The minimum atomic E-state index is 0.689. The van der Waals surface area contributed by atoms with Crippen molar-refractivity contribution in [3.8, 4) is 0 Å². The third-order valence-electron chi connectivity index (χ3n) is 4.09. The number of nitrogens with zero attached hydrogens (tertiary/aromatic N) is 1. The van der Waals surface area contributed by atoms with Gasteiger partial charge in [-0.2, -0.15) is 0 Å². The molecule has 3 nitrogen and oxygen atoms in total. The molecule has 4 rings (SSSR count). The maximum absolute atomic E-state index is 6.15. The highest BCUT2D eigenvalue weighted by atomic mass is 35.5. The average Bonchev–Trinajstić information content (AvgIpc) is 2.62. The summed E-state index contributed by atoms with van der Waals surface area (Å²) in [5.41, 5.74) is 4.99. The second kappa shape index (κ2) is 6.02. The summed E-state index contributed by atoms with van der Waals surface area (Å²) < 4.78 is 0. The normalized spacial score (nSPS) is 10.9. The Balaban J connectivity index is 1.92. The summed E-state index contributed by atoms with van der Waals surface area (Å²) in [5.74, 6) is 0.